The fraction of sp³-hybridized carbons (Fsp3) is 0.276. The predicted molar refractivity (Wildman–Crippen MR) is 270 cm³/mol. The van der Waals surface area contributed by atoms with Gasteiger partial charge < -0.3 is 14.4 Å². The number of hydrogen-bond donors (Lipinski definition) is 0. The Hall–Kier alpha value is -6.00. The molecular formula is C58H60BN3. The van der Waals surface area contributed by atoms with Crippen LogP contribution in [0.1, 0.15) is 102 Å². The molecule has 0 radical (unpaired) electrons. The summed E-state index contributed by atoms with van der Waals surface area (Å²) in [6.45, 7) is 20.6. The first-order valence-electron chi connectivity index (χ1n) is 23.0. The Morgan fingerprint density at radius 1 is 0.468 bits per heavy atom. The number of hydrogen-bond acceptors (Lipinski definition) is 2. The molecule has 10 rings (SSSR count). The van der Waals surface area contributed by atoms with Crippen molar-refractivity contribution in [2.45, 2.75) is 105 Å². The van der Waals surface area contributed by atoms with Crippen LogP contribution < -0.4 is 26.2 Å². The first-order chi connectivity index (χ1) is 29.8. The number of fused-ring (bicyclic) bond motifs is 7. The Bertz CT molecular complexity index is 2930. The highest BCUT2D eigenvalue weighted by atomic mass is 15.2. The van der Waals surface area contributed by atoms with Crippen molar-refractivity contribution >= 4 is 79.0 Å². The van der Waals surface area contributed by atoms with Crippen molar-refractivity contribution in [2.24, 2.45) is 0 Å². The average molecular weight is 810 g/mol. The van der Waals surface area contributed by atoms with E-state index in [9.17, 15) is 0 Å². The predicted octanol–water partition coefficient (Wildman–Crippen LogP) is 14.2. The molecular weight excluding hydrogens is 749 g/mol. The fourth-order valence-electron chi connectivity index (χ4n) is 10.3. The summed E-state index contributed by atoms with van der Waals surface area (Å²) < 4.78 is 2.49. The van der Waals surface area contributed by atoms with Gasteiger partial charge in [0.15, 0.2) is 0 Å². The molecule has 0 fully saturated rings. The van der Waals surface area contributed by atoms with Crippen LogP contribution in [0.15, 0.2) is 140 Å². The molecule has 3 heterocycles. The van der Waals surface area contributed by atoms with E-state index < -0.39 is 0 Å². The lowest BCUT2D eigenvalue weighted by atomic mass is 9.33. The Morgan fingerprint density at radius 2 is 1.03 bits per heavy atom. The fourth-order valence-corrected chi connectivity index (χ4v) is 10.3. The van der Waals surface area contributed by atoms with Crippen LogP contribution in [-0.4, -0.2) is 11.3 Å². The lowest BCUT2D eigenvalue weighted by Crippen LogP contribution is -2.61. The van der Waals surface area contributed by atoms with Gasteiger partial charge in [0.2, 0.25) is 0 Å². The quantitative estimate of drug-likeness (QED) is 0.112. The van der Waals surface area contributed by atoms with Gasteiger partial charge in [0.25, 0.3) is 6.71 Å². The normalized spacial score (nSPS) is 13.5. The van der Waals surface area contributed by atoms with Crippen LogP contribution in [0.5, 0.6) is 0 Å². The van der Waals surface area contributed by atoms with Gasteiger partial charge in [-0.15, -0.1) is 0 Å². The minimum absolute atomic E-state index is 0.00701. The molecule has 0 spiro atoms. The standard InChI is InChI=1S/C58H60BN3/c1-10-11-12-13-15-40-20-25-43(26-21-40)61-54-17-14-16-53-56(54)59(49-36-42(58(7,8)9)24-33-52(49)60(53)44-27-22-41(23-28-44)57(4,5)6)48-30-29-45(37-55(48)61)62-50-31-18-38(2)34-46(50)47-35-39(3)19-32-51(47)62/h14,16-37H,10-13,15H2,1-9H3. The van der Waals surface area contributed by atoms with E-state index in [4.69, 9.17) is 0 Å². The number of benzene rings is 7. The Labute approximate surface area is 370 Å². The third-order valence-corrected chi connectivity index (χ3v) is 13.7. The maximum atomic E-state index is 2.57. The molecule has 0 saturated heterocycles. The molecule has 0 amide bonds. The van der Waals surface area contributed by atoms with Gasteiger partial charge >= 0.3 is 0 Å². The zero-order valence-corrected chi connectivity index (χ0v) is 38.2. The zero-order chi connectivity index (χ0) is 43.1. The van der Waals surface area contributed by atoms with E-state index in [0.29, 0.717) is 0 Å². The van der Waals surface area contributed by atoms with Gasteiger partial charge in [-0.2, -0.15) is 0 Å². The maximum absolute atomic E-state index is 2.57. The second kappa shape index (κ2) is 15.1. The molecule has 0 unspecified atom stereocenters. The van der Waals surface area contributed by atoms with Crippen LogP contribution >= 0.6 is 0 Å². The highest BCUT2D eigenvalue weighted by Crippen LogP contribution is 2.46. The SMILES string of the molecule is CCCCCCc1ccc(N2c3cc(-n4c5ccc(C)cc5c5cc(C)ccc54)ccc3B3c4cc(C(C)(C)C)ccc4N(c4ccc(C(C)(C)C)cc4)c4cccc2c43)cc1. The van der Waals surface area contributed by atoms with Crippen LogP contribution in [0, 0.1) is 13.8 Å². The summed E-state index contributed by atoms with van der Waals surface area (Å²) in [6, 6.07) is 54.2. The molecule has 0 N–H and O–H groups in total. The molecule has 4 heteroatoms. The highest BCUT2D eigenvalue weighted by Gasteiger charge is 2.43. The molecule has 0 bridgehead atoms. The van der Waals surface area contributed by atoms with Crippen LogP contribution in [0.3, 0.4) is 0 Å². The van der Waals surface area contributed by atoms with Crippen molar-refractivity contribution in [3.8, 4) is 5.69 Å². The van der Waals surface area contributed by atoms with Gasteiger partial charge in [-0.05, 0) is 149 Å². The molecule has 310 valence electrons. The van der Waals surface area contributed by atoms with Crippen LogP contribution in [-0.2, 0) is 17.3 Å². The monoisotopic (exact) mass is 809 g/mol. The summed E-state index contributed by atoms with van der Waals surface area (Å²) in [6.07, 6.45) is 6.19. The van der Waals surface area contributed by atoms with Gasteiger partial charge in [-0.3, -0.25) is 0 Å². The Morgan fingerprint density at radius 3 is 1.63 bits per heavy atom. The Balaban J connectivity index is 1.22. The number of nitrogens with zero attached hydrogens (tertiary/aromatic N) is 3. The summed E-state index contributed by atoms with van der Waals surface area (Å²) in [7, 11) is 0. The molecule has 0 aliphatic carbocycles. The number of aryl methyl sites for hydroxylation is 3. The maximum Gasteiger partial charge on any atom is 0.252 e. The third kappa shape index (κ3) is 6.74. The number of aromatic nitrogens is 1. The first-order valence-corrected chi connectivity index (χ1v) is 23.0. The third-order valence-electron chi connectivity index (χ3n) is 13.7. The lowest BCUT2D eigenvalue weighted by Gasteiger charge is -2.44. The summed E-state index contributed by atoms with van der Waals surface area (Å²) in [5, 5.41) is 2.60. The molecule has 8 aromatic rings. The topological polar surface area (TPSA) is 11.4 Å². The van der Waals surface area contributed by atoms with Crippen molar-refractivity contribution in [2.75, 3.05) is 9.80 Å². The number of rotatable bonds is 8. The molecule has 3 nitrogen and oxygen atoms in total. The molecule has 0 atom stereocenters. The largest absolute Gasteiger partial charge is 0.311 e. The summed E-state index contributed by atoms with van der Waals surface area (Å²) in [5.41, 5.74) is 21.8. The number of anilines is 6. The van der Waals surface area contributed by atoms with Gasteiger partial charge in [0, 0.05) is 50.6 Å². The van der Waals surface area contributed by atoms with E-state index in [-0.39, 0.29) is 17.5 Å². The average Bonchev–Trinajstić information content (AvgIpc) is 3.57. The van der Waals surface area contributed by atoms with Gasteiger partial charge in [-0.1, -0.05) is 140 Å². The van der Waals surface area contributed by atoms with E-state index in [1.54, 1.807) is 0 Å². The van der Waals surface area contributed by atoms with Crippen molar-refractivity contribution in [3.63, 3.8) is 0 Å². The van der Waals surface area contributed by atoms with Crippen LogP contribution in [0.25, 0.3) is 27.5 Å². The van der Waals surface area contributed by atoms with Crippen LogP contribution in [0.2, 0.25) is 0 Å². The minimum atomic E-state index is -0.00701. The second-order valence-corrected chi connectivity index (χ2v) is 20.2. The number of unbranched alkanes of at least 4 members (excludes halogenated alkanes) is 3. The van der Waals surface area contributed by atoms with Crippen molar-refractivity contribution in [1.29, 1.82) is 0 Å². The highest BCUT2D eigenvalue weighted by molar-refractivity contribution is 7.00. The van der Waals surface area contributed by atoms with Gasteiger partial charge in [0.1, 0.15) is 0 Å². The van der Waals surface area contributed by atoms with Gasteiger partial charge in [-0.25, -0.2) is 0 Å². The lowest BCUT2D eigenvalue weighted by molar-refractivity contribution is 0.590. The molecule has 62 heavy (non-hydrogen) atoms. The smallest absolute Gasteiger partial charge is 0.252 e. The molecule has 1 aromatic heterocycles. The van der Waals surface area contributed by atoms with E-state index in [1.807, 2.05) is 0 Å². The van der Waals surface area contributed by atoms with Crippen molar-refractivity contribution < 1.29 is 0 Å². The first kappa shape index (κ1) is 40.1. The minimum Gasteiger partial charge on any atom is -0.311 e. The van der Waals surface area contributed by atoms with Crippen molar-refractivity contribution in [1.82, 2.24) is 4.57 Å². The molecule has 2 aliphatic rings. The second-order valence-electron chi connectivity index (χ2n) is 20.2. The molecule has 7 aromatic carbocycles. The summed E-state index contributed by atoms with van der Waals surface area (Å²) >= 11 is 0. The summed E-state index contributed by atoms with van der Waals surface area (Å²) in [4.78, 5) is 5.10. The van der Waals surface area contributed by atoms with E-state index in [1.165, 1.54) is 132 Å². The van der Waals surface area contributed by atoms with E-state index in [0.717, 1.165) is 6.42 Å². The van der Waals surface area contributed by atoms with Crippen LogP contribution in [0.4, 0.5) is 34.1 Å². The van der Waals surface area contributed by atoms with E-state index >= 15 is 0 Å². The summed E-state index contributed by atoms with van der Waals surface area (Å²) in [5.74, 6) is 0. The zero-order valence-electron chi connectivity index (χ0n) is 38.2. The molecule has 0 saturated carbocycles. The van der Waals surface area contributed by atoms with E-state index in [2.05, 4.69) is 216 Å². The molecule has 2 aliphatic heterocycles. The van der Waals surface area contributed by atoms with Crippen molar-refractivity contribution in [3.05, 3.63) is 167 Å². The van der Waals surface area contributed by atoms with Gasteiger partial charge in [0.05, 0.1) is 11.0 Å². The Kier molecular flexibility index (Phi) is 9.78.